The average molecular weight is 299 g/mol. The third-order valence-corrected chi connectivity index (χ3v) is 4.36. The van der Waals surface area contributed by atoms with Gasteiger partial charge in [-0.15, -0.1) is 13.2 Å². The fraction of sp³-hybridized carbons (Fsp3) is 0.533. The molecule has 1 aromatic carbocycles. The van der Waals surface area contributed by atoms with Gasteiger partial charge in [0.15, 0.2) is 5.75 Å². The molecular weight excluding hydrogens is 283 g/mol. The van der Waals surface area contributed by atoms with Gasteiger partial charge >= 0.3 is 6.36 Å². The maximum Gasteiger partial charge on any atom is 0.573 e. The second-order valence-corrected chi connectivity index (χ2v) is 5.91. The molecule has 1 saturated carbocycles. The van der Waals surface area contributed by atoms with E-state index in [1.807, 2.05) is 0 Å². The number of amides is 1. The van der Waals surface area contributed by atoms with Crippen molar-refractivity contribution in [2.24, 2.45) is 11.8 Å². The monoisotopic (exact) mass is 299 g/mol. The average Bonchev–Trinajstić information content (AvgIpc) is 2.91. The van der Waals surface area contributed by atoms with Crippen LogP contribution in [0.15, 0.2) is 18.2 Å². The molecular formula is C15H16F3NO2. The van der Waals surface area contributed by atoms with Crippen LogP contribution in [0.1, 0.15) is 37.7 Å². The summed E-state index contributed by atoms with van der Waals surface area (Å²) < 4.78 is 41.3. The molecule has 1 aromatic rings. The van der Waals surface area contributed by atoms with Crippen molar-refractivity contribution in [1.29, 1.82) is 0 Å². The Labute approximate surface area is 120 Å². The highest BCUT2D eigenvalue weighted by Gasteiger charge is 2.42. The molecule has 1 N–H and O–H groups in total. The van der Waals surface area contributed by atoms with Gasteiger partial charge in [-0.2, -0.15) is 0 Å². The number of carbonyl (C=O) groups excluding carboxylic acids is 1. The van der Waals surface area contributed by atoms with Crippen molar-refractivity contribution in [3.05, 3.63) is 23.8 Å². The molecule has 0 aromatic heterocycles. The number of hydrogen-bond acceptors (Lipinski definition) is 2. The van der Waals surface area contributed by atoms with Gasteiger partial charge in [-0.3, -0.25) is 4.79 Å². The van der Waals surface area contributed by atoms with E-state index in [1.54, 1.807) is 6.07 Å². The normalized spacial score (nSPS) is 28.4. The summed E-state index contributed by atoms with van der Waals surface area (Å²) in [6.07, 6.45) is -1.84. The Morgan fingerprint density at radius 2 is 2.05 bits per heavy atom. The van der Waals surface area contributed by atoms with Gasteiger partial charge in [-0.25, -0.2) is 0 Å². The van der Waals surface area contributed by atoms with E-state index in [1.165, 1.54) is 12.1 Å². The Morgan fingerprint density at radius 3 is 2.67 bits per heavy atom. The van der Waals surface area contributed by atoms with Gasteiger partial charge in [0.2, 0.25) is 5.91 Å². The Hall–Kier alpha value is -1.72. The van der Waals surface area contributed by atoms with Crippen LogP contribution in [0.2, 0.25) is 0 Å². The lowest BCUT2D eigenvalue weighted by Crippen LogP contribution is -2.19. The van der Waals surface area contributed by atoms with Crippen LogP contribution in [0.5, 0.6) is 5.75 Å². The Morgan fingerprint density at radius 1 is 1.29 bits per heavy atom. The number of para-hydroxylation sites is 1. The van der Waals surface area contributed by atoms with Crippen LogP contribution in [0.25, 0.3) is 0 Å². The van der Waals surface area contributed by atoms with Crippen molar-refractivity contribution in [1.82, 2.24) is 0 Å². The van der Waals surface area contributed by atoms with Crippen LogP contribution in [-0.4, -0.2) is 12.3 Å². The first kappa shape index (κ1) is 14.2. The van der Waals surface area contributed by atoms with E-state index in [0.29, 0.717) is 11.5 Å². The minimum absolute atomic E-state index is 0.171. The Kier molecular flexibility index (Phi) is 3.34. The molecule has 6 heteroatoms. The molecule has 114 valence electrons. The van der Waals surface area contributed by atoms with E-state index in [4.69, 9.17) is 0 Å². The molecule has 0 saturated heterocycles. The second-order valence-electron chi connectivity index (χ2n) is 5.91. The van der Waals surface area contributed by atoms with Crippen LogP contribution < -0.4 is 10.1 Å². The first-order valence-corrected chi connectivity index (χ1v) is 7.04. The SMILES string of the molecule is CC1CCC(C2C(=O)Nc3c(OC(F)(F)F)cccc32)C1. The second kappa shape index (κ2) is 4.93. The van der Waals surface area contributed by atoms with Crippen molar-refractivity contribution in [3.63, 3.8) is 0 Å². The topological polar surface area (TPSA) is 38.3 Å². The summed E-state index contributed by atoms with van der Waals surface area (Å²) in [6, 6.07) is 4.45. The minimum Gasteiger partial charge on any atom is -0.404 e. The number of ether oxygens (including phenoxy) is 1. The number of benzene rings is 1. The zero-order valence-corrected chi connectivity index (χ0v) is 11.5. The van der Waals surface area contributed by atoms with Crippen molar-refractivity contribution < 1.29 is 22.7 Å². The number of fused-ring (bicyclic) bond motifs is 1. The lowest BCUT2D eigenvalue weighted by molar-refractivity contribution is -0.274. The molecule has 2 aliphatic rings. The van der Waals surface area contributed by atoms with Crippen molar-refractivity contribution >= 4 is 11.6 Å². The van der Waals surface area contributed by atoms with E-state index in [2.05, 4.69) is 17.0 Å². The number of halogens is 3. The molecule has 0 spiro atoms. The van der Waals surface area contributed by atoms with Crippen molar-refractivity contribution in [2.45, 2.75) is 38.5 Å². The quantitative estimate of drug-likeness (QED) is 0.894. The molecule has 3 unspecified atom stereocenters. The first-order chi connectivity index (χ1) is 9.85. The van der Waals surface area contributed by atoms with Crippen molar-refractivity contribution in [2.75, 3.05) is 5.32 Å². The molecule has 3 atom stereocenters. The largest absolute Gasteiger partial charge is 0.573 e. The van der Waals surface area contributed by atoms with Gasteiger partial charge in [0.1, 0.15) is 0 Å². The Balaban J connectivity index is 1.93. The molecule has 3 nitrogen and oxygen atoms in total. The predicted octanol–water partition coefficient (Wildman–Crippen LogP) is 4.06. The van der Waals surface area contributed by atoms with Gasteiger partial charge in [-0.05, 0) is 36.3 Å². The van der Waals surface area contributed by atoms with Crippen LogP contribution in [-0.2, 0) is 4.79 Å². The molecule has 3 rings (SSSR count). The van der Waals surface area contributed by atoms with E-state index >= 15 is 0 Å². The van der Waals surface area contributed by atoms with Crippen LogP contribution in [0.4, 0.5) is 18.9 Å². The maximum atomic E-state index is 12.4. The summed E-state index contributed by atoms with van der Waals surface area (Å²) in [6.45, 7) is 2.14. The Bertz CT molecular complexity index is 571. The fourth-order valence-corrected chi connectivity index (χ4v) is 3.51. The number of nitrogens with one attached hydrogen (secondary N) is 1. The number of carbonyl (C=O) groups is 1. The van der Waals surface area contributed by atoms with Gasteiger partial charge in [0.05, 0.1) is 11.6 Å². The highest BCUT2D eigenvalue weighted by molar-refractivity contribution is 6.04. The van der Waals surface area contributed by atoms with E-state index in [9.17, 15) is 18.0 Å². The first-order valence-electron chi connectivity index (χ1n) is 7.04. The van der Waals surface area contributed by atoms with Gasteiger partial charge in [0.25, 0.3) is 0 Å². The molecule has 0 radical (unpaired) electrons. The van der Waals surface area contributed by atoms with Gasteiger partial charge in [-0.1, -0.05) is 25.5 Å². The minimum atomic E-state index is -4.76. The third-order valence-electron chi connectivity index (χ3n) is 4.36. The molecule has 1 amide bonds. The number of hydrogen-bond donors (Lipinski definition) is 1. The lowest BCUT2D eigenvalue weighted by Gasteiger charge is -2.17. The molecule has 1 aliphatic carbocycles. The third kappa shape index (κ3) is 2.71. The van der Waals surface area contributed by atoms with Gasteiger partial charge < -0.3 is 10.1 Å². The highest BCUT2D eigenvalue weighted by Crippen LogP contribution is 2.48. The van der Waals surface area contributed by atoms with Crippen LogP contribution >= 0.6 is 0 Å². The summed E-state index contributed by atoms with van der Waals surface area (Å²) in [7, 11) is 0. The summed E-state index contributed by atoms with van der Waals surface area (Å²) >= 11 is 0. The van der Waals surface area contributed by atoms with Gasteiger partial charge in [0, 0.05) is 0 Å². The summed E-state index contributed by atoms with van der Waals surface area (Å²) in [4.78, 5) is 12.2. The number of rotatable bonds is 2. The zero-order chi connectivity index (χ0) is 15.2. The number of anilines is 1. The summed E-state index contributed by atoms with van der Waals surface area (Å²) in [5, 5.41) is 2.57. The molecule has 1 heterocycles. The standard InChI is InChI=1S/C15H16F3NO2/c1-8-5-6-9(7-8)12-10-3-2-4-11(21-15(16,17)18)13(10)19-14(12)20/h2-4,8-9,12H,5-7H2,1H3,(H,19,20). The molecule has 21 heavy (non-hydrogen) atoms. The zero-order valence-electron chi connectivity index (χ0n) is 11.5. The highest BCUT2D eigenvalue weighted by atomic mass is 19.4. The summed E-state index contributed by atoms with van der Waals surface area (Å²) in [5.74, 6) is -0.158. The maximum absolute atomic E-state index is 12.4. The fourth-order valence-electron chi connectivity index (χ4n) is 3.51. The predicted molar refractivity (Wildman–Crippen MR) is 71.0 cm³/mol. The van der Waals surface area contributed by atoms with Crippen LogP contribution in [0.3, 0.4) is 0 Å². The molecule has 0 bridgehead atoms. The smallest absolute Gasteiger partial charge is 0.404 e. The molecule has 1 fully saturated rings. The van der Waals surface area contributed by atoms with E-state index < -0.39 is 6.36 Å². The summed E-state index contributed by atoms with van der Waals surface area (Å²) in [5.41, 5.74) is 0.797. The molecule has 1 aliphatic heterocycles. The van der Waals surface area contributed by atoms with E-state index in [-0.39, 0.29) is 29.2 Å². The number of alkyl halides is 3. The lowest BCUT2D eigenvalue weighted by atomic mass is 9.85. The van der Waals surface area contributed by atoms with Crippen LogP contribution in [0, 0.1) is 11.8 Å². The van der Waals surface area contributed by atoms with Crippen molar-refractivity contribution in [3.8, 4) is 5.75 Å². The van der Waals surface area contributed by atoms with E-state index in [0.717, 1.165) is 19.3 Å².